The van der Waals surface area contributed by atoms with Gasteiger partial charge < -0.3 is 26.5 Å². The highest BCUT2D eigenvalue weighted by Gasteiger charge is 2.44. The number of hydrogen-bond donors (Lipinski definition) is 0. The van der Waals surface area contributed by atoms with E-state index in [-0.39, 0.29) is 40.1 Å². The minimum absolute atomic E-state index is 0. The molecular weight excluding hydrogens is 679 g/mol. The minimum Gasteiger partial charge on any atom is -1.00 e. The average molecular weight is 734 g/mol. The van der Waals surface area contributed by atoms with E-state index in [1.165, 1.54) is 107 Å². The number of carbonyl (C=O) groups is 2. The van der Waals surface area contributed by atoms with Crippen molar-refractivity contribution < 1.29 is 36.0 Å². The first kappa shape index (κ1) is 39.4. The molecule has 6 heteroatoms. The third-order valence-corrected chi connectivity index (χ3v) is 14.1. The van der Waals surface area contributed by atoms with Crippen LogP contribution in [-0.2, 0) is 19.1 Å². The van der Waals surface area contributed by atoms with Gasteiger partial charge in [-0.15, -0.1) is 0 Å². The number of unbranched alkanes of at least 4 members (excludes halogenated alkanes) is 12. The van der Waals surface area contributed by atoms with E-state index in [9.17, 15) is 9.59 Å². The van der Waals surface area contributed by atoms with Crippen molar-refractivity contribution >= 4 is 34.7 Å². The summed E-state index contributed by atoms with van der Waals surface area (Å²) >= 11 is 0. The lowest BCUT2D eigenvalue weighted by Gasteiger charge is -2.27. The molecule has 48 heavy (non-hydrogen) atoms. The van der Waals surface area contributed by atoms with Crippen molar-refractivity contribution in [1.29, 1.82) is 0 Å². The number of rotatable bonds is 21. The average Bonchev–Trinajstić information content (AvgIpc) is 3.12. The molecule has 0 heterocycles. The molecule has 258 valence electrons. The van der Waals surface area contributed by atoms with E-state index in [4.69, 9.17) is 9.47 Å². The molecule has 0 aliphatic heterocycles. The lowest BCUT2D eigenvalue weighted by molar-refractivity contribution is -0.121. The summed E-state index contributed by atoms with van der Waals surface area (Å²) in [6.45, 7) is 1.72. The normalized spacial score (nSPS) is 13.5. The van der Waals surface area contributed by atoms with Gasteiger partial charge in [-0.25, -0.2) is 0 Å². The van der Waals surface area contributed by atoms with Crippen molar-refractivity contribution in [3.63, 3.8) is 0 Å². The Morgan fingerprint density at radius 3 is 1.19 bits per heavy atom. The maximum Gasteiger partial charge on any atom is 0.228 e. The third kappa shape index (κ3) is 10.3. The summed E-state index contributed by atoms with van der Waals surface area (Å²) in [4.78, 5) is 25.3. The molecule has 4 nitrogen and oxygen atoms in total. The van der Waals surface area contributed by atoms with Crippen molar-refractivity contribution in [2.24, 2.45) is 0 Å². The Morgan fingerprint density at radius 1 is 0.479 bits per heavy atom. The molecule has 0 aromatic heterocycles. The van der Waals surface area contributed by atoms with Crippen molar-refractivity contribution in [2.45, 2.75) is 96.8 Å². The maximum absolute atomic E-state index is 12.8. The van der Waals surface area contributed by atoms with Gasteiger partial charge >= 0.3 is 0 Å². The highest BCUT2D eigenvalue weighted by Crippen LogP contribution is 2.56. The van der Waals surface area contributed by atoms with Gasteiger partial charge in [-0.3, -0.25) is 9.59 Å². The monoisotopic (exact) mass is 732 g/mol. The molecule has 0 atom stereocenters. The SMILES string of the molecule is COC1=C(OC)C(=O)C(CCCCCCCCCCCCCCC[P+](c2ccccc2)(c2ccccc2)c2ccccc2)=C(C)C1=O.[Br-]. The number of allylic oxidation sites excluding steroid dienone is 2. The molecule has 0 bridgehead atoms. The van der Waals surface area contributed by atoms with Crippen LogP contribution < -0.4 is 32.9 Å². The summed E-state index contributed by atoms with van der Waals surface area (Å²) in [5.41, 5.74) is 1.08. The van der Waals surface area contributed by atoms with E-state index in [0.717, 1.165) is 12.8 Å². The number of Topliss-reactive ketones (excluding diaryl/α,β-unsaturated/α-hetero) is 2. The first-order valence-electron chi connectivity index (χ1n) is 17.7. The molecule has 1 aliphatic rings. The van der Waals surface area contributed by atoms with E-state index in [0.29, 0.717) is 17.6 Å². The molecule has 0 unspecified atom stereocenters. The van der Waals surface area contributed by atoms with Gasteiger partial charge in [0.25, 0.3) is 0 Å². The predicted molar refractivity (Wildman–Crippen MR) is 198 cm³/mol. The van der Waals surface area contributed by atoms with Gasteiger partial charge in [-0.05, 0) is 69.0 Å². The highest BCUT2D eigenvalue weighted by atomic mass is 79.9. The highest BCUT2D eigenvalue weighted by molar-refractivity contribution is 7.95. The summed E-state index contributed by atoms with van der Waals surface area (Å²) < 4.78 is 10.3. The molecular formula is C42H54BrO4P. The van der Waals surface area contributed by atoms with Crippen LogP contribution in [0.15, 0.2) is 114 Å². The van der Waals surface area contributed by atoms with Crippen molar-refractivity contribution in [3.05, 3.63) is 114 Å². The largest absolute Gasteiger partial charge is 1.00 e. The van der Waals surface area contributed by atoms with Gasteiger partial charge in [0.05, 0.1) is 20.4 Å². The van der Waals surface area contributed by atoms with E-state index in [2.05, 4.69) is 91.0 Å². The third-order valence-electron chi connectivity index (χ3n) is 9.61. The Kier molecular flexibility index (Phi) is 17.4. The second kappa shape index (κ2) is 21.2. The Hall–Kier alpha value is -3.01. The van der Waals surface area contributed by atoms with Crippen LogP contribution in [0.2, 0.25) is 0 Å². The van der Waals surface area contributed by atoms with Crippen LogP contribution in [0.5, 0.6) is 0 Å². The fraction of sp³-hybridized carbons (Fsp3) is 0.429. The van der Waals surface area contributed by atoms with Crippen LogP contribution in [0.1, 0.15) is 96.8 Å². The second-order valence-electron chi connectivity index (χ2n) is 12.7. The van der Waals surface area contributed by atoms with Gasteiger partial charge in [-0.2, -0.15) is 0 Å². The number of methoxy groups -OCH3 is 2. The molecule has 0 fully saturated rings. The van der Waals surface area contributed by atoms with Crippen LogP contribution >= 0.6 is 7.26 Å². The van der Waals surface area contributed by atoms with Crippen molar-refractivity contribution in [3.8, 4) is 0 Å². The first-order valence-corrected chi connectivity index (χ1v) is 19.7. The Labute approximate surface area is 300 Å². The minimum atomic E-state index is -1.70. The van der Waals surface area contributed by atoms with Crippen LogP contribution in [0, 0.1) is 0 Å². The topological polar surface area (TPSA) is 52.6 Å². The van der Waals surface area contributed by atoms with Gasteiger partial charge in [-0.1, -0.05) is 119 Å². The van der Waals surface area contributed by atoms with Crippen LogP contribution in [0.25, 0.3) is 0 Å². The number of halogens is 1. The summed E-state index contributed by atoms with van der Waals surface area (Å²) in [7, 11) is 1.11. The first-order chi connectivity index (χ1) is 23.0. The fourth-order valence-electron chi connectivity index (χ4n) is 6.97. The molecule has 1 aliphatic carbocycles. The van der Waals surface area contributed by atoms with E-state index in [1.54, 1.807) is 6.92 Å². The molecule has 0 amide bonds. The number of carbonyl (C=O) groups excluding carboxylic acids is 2. The van der Waals surface area contributed by atoms with E-state index in [1.807, 2.05) is 0 Å². The zero-order chi connectivity index (χ0) is 33.3. The molecule has 3 aromatic carbocycles. The maximum atomic E-state index is 12.8. The van der Waals surface area contributed by atoms with Gasteiger partial charge in [0.2, 0.25) is 23.1 Å². The van der Waals surface area contributed by atoms with Gasteiger partial charge in [0.1, 0.15) is 23.2 Å². The van der Waals surface area contributed by atoms with E-state index >= 15 is 0 Å². The van der Waals surface area contributed by atoms with Crippen LogP contribution in [0.3, 0.4) is 0 Å². The number of ether oxygens (including phenoxy) is 2. The second-order valence-corrected chi connectivity index (χ2v) is 16.3. The summed E-state index contributed by atoms with van der Waals surface area (Å²) in [5, 5.41) is 4.46. The lowest BCUT2D eigenvalue weighted by atomic mass is 9.89. The van der Waals surface area contributed by atoms with Crippen molar-refractivity contribution in [1.82, 2.24) is 0 Å². The molecule has 3 aromatic rings. The molecule has 0 saturated heterocycles. The zero-order valence-electron chi connectivity index (χ0n) is 29.2. The standard InChI is InChI=1S/C42H54O4P.BrH/c1-34-38(40(44)42(46-3)41(45-2)39(34)43)32-24-13-11-9-7-5-4-6-8-10-12-14-25-33-47(35-26-18-15-19-27-35,36-28-20-16-21-29-36)37-30-22-17-23-31-37;/h15-23,26-31H,4-14,24-25,32-33H2,1-3H3;1H/q+1;/p-1. The van der Waals surface area contributed by atoms with Gasteiger partial charge in [0, 0.05) is 11.1 Å². The van der Waals surface area contributed by atoms with Crippen LogP contribution in [0.4, 0.5) is 0 Å². The van der Waals surface area contributed by atoms with Gasteiger partial charge in [0.15, 0.2) is 0 Å². The zero-order valence-corrected chi connectivity index (χ0v) is 31.7. The number of ketones is 2. The fourth-order valence-corrected chi connectivity index (χ4v) is 11.4. The molecule has 0 N–H and O–H groups in total. The number of hydrogen-bond acceptors (Lipinski definition) is 4. The Bertz CT molecular complexity index is 1370. The van der Waals surface area contributed by atoms with Crippen molar-refractivity contribution in [2.75, 3.05) is 20.4 Å². The Balaban J connectivity index is 0.00000625. The van der Waals surface area contributed by atoms with E-state index < -0.39 is 7.26 Å². The van der Waals surface area contributed by atoms with Crippen LogP contribution in [-0.4, -0.2) is 31.9 Å². The quantitative estimate of drug-likeness (QED) is 0.0722. The summed E-state index contributed by atoms with van der Waals surface area (Å²) in [5.74, 6) is -0.387. The summed E-state index contributed by atoms with van der Waals surface area (Å²) in [6.07, 6.45) is 18.0. The number of benzene rings is 3. The molecule has 0 saturated carbocycles. The lowest BCUT2D eigenvalue weighted by Crippen LogP contribution is -3.00. The molecule has 0 radical (unpaired) electrons. The Morgan fingerprint density at radius 2 is 0.812 bits per heavy atom. The summed E-state index contributed by atoms with van der Waals surface area (Å²) in [6, 6.07) is 33.7. The molecule has 0 spiro atoms. The smallest absolute Gasteiger partial charge is 0.228 e. The predicted octanol–water partition coefficient (Wildman–Crippen LogP) is 6.42. The molecule has 4 rings (SSSR count).